The van der Waals surface area contributed by atoms with Gasteiger partial charge in [0, 0.05) is 5.92 Å². The second kappa shape index (κ2) is 4.58. The van der Waals surface area contributed by atoms with Crippen LogP contribution in [-0.2, 0) is 9.47 Å². The Labute approximate surface area is 84.8 Å². The van der Waals surface area contributed by atoms with Crippen LogP contribution in [0.2, 0.25) is 0 Å². The molecule has 2 heteroatoms. The van der Waals surface area contributed by atoms with E-state index in [9.17, 15) is 0 Å². The highest BCUT2D eigenvalue weighted by Gasteiger charge is 2.22. The van der Waals surface area contributed by atoms with Gasteiger partial charge in [-0.25, -0.2) is 0 Å². The van der Waals surface area contributed by atoms with Crippen LogP contribution in [0.1, 0.15) is 24.8 Å². The molecule has 1 saturated heterocycles. The van der Waals surface area contributed by atoms with Crippen molar-refractivity contribution in [1.82, 2.24) is 0 Å². The fraction of sp³-hybridized carbons (Fsp3) is 0.500. The first kappa shape index (κ1) is 9.69. The first-order chi connectivity index (χ1) is 6.88. The zero-order valence-electron chi connectivity index (χ0n) is 8.48. The molecule has 2 nitrogen and oxygen atoms in total. The fourth-order valence-corrected chi connectivity index (χ4v) is 1.71. The minimum absolute atomic E-state index is 0.0637. The van der Waals surface area contributed by atoms with Crippen LogP contribution in [0.4, 0.5) is 0 Å². The van der Waals surface area contributed by atoms with Gasteiger partial charge in [0.15, 0.2) is 6.29 Å². The van der Waals surface area contributed by atoms with E-state index in [4.69, 9.17) is 9.47 Å². The van der Waals surface area contributed by atoms with Crippen LogP contribution in [0, 0.1) is 0 Å². The third-order valence-electron chi connectivity index (χ3n) is 2.59. The van der Waals surface area contributed by atoms with Crippen molar-refractivity contribution in [3.05, 3.63) is 35.9 Å². The molecule has 1 unspecified atom stereocenters. The Balaban J connectivity index is 2.03. The van der Waals surface area contributed by atoms with Crippen molar-refractivity contribution in [2.75, 3.05) is 13.2 Å². The van der Waals surface area contributed by atoms with Crippen LogP contribution in [0.15, 0.2) is 30.3 Å². The monoisotopic (exact) mass is 192 g/mol. The Morgan fingerprint density at radius 1 is 1.14 bits per heavy atom. The van der Waals surface area contributed by atoms with Gasteiger partial charge in [-0.05, 0) is 12.0 Å². The number of ether oxygens (including phenoxy) is 2. The van der Waals surface area contributed by atoms with Crippen molar-refractivity contribution in [3.63, 3.8) is 0 Å². The molecule has 1 aliphatic heterocycles. The van der Waals surface area contributed by atoms with Gasteiger partial charge in [-0.2, -0.15) is 0 Å². The van der Waals surface area contributed by atoms with Crippen molar-refractivity contribution in [3.8, 4) is 0 Å². The maximum atomic E-state index is 5.57. The Morgan fingerprint density at radius 3 is 2.43 bits per heavy atom. The summed E-state index contributed by atoms with van der Waals surface area (Å²) in [6.45, 7) is 3.79. The summed E-state index contributed by atoms with van der Waals surface area (Å²) in [6, 6.07) is 10.4. The number of benzene rings is 1. The summed E-state index contributed by atoms with van der Waals surface area (Å²) in [5, 5.41) is 0. The van der Waals surface area contributed by atoms with Gasteiger partial charge in [-0.3, -0.25) is 0 Å². The highest BCUT2D eigenvalue weighted by Crippen LogP contribution is 2.24. The van der Waals surface area contributed by atoms with E-state index in [0.29, 0.717) is 5.92 Å². The summed E-state index contributed by atoms with van der Waals surface area (Å²) < 4.78 is 11.1. The Kier molecular flexibility index (Phi) is 3.17. The first-order valence-corrected chi connectivity index (χ1v) is 5.16. The normalized spacial score (nSPS) is 20.6. The smallest absolute Gasteiger partial charge is 0.164 e. The maximum Gasteiger partial charge on any atom is 0.164 e. The topological polar surface area (TPSA) is 18.5 Å². The van der Waals surface area contributed by atoms with E-state index in [2.05, 4.69) is 31.2 Å². The molecule has 1 heterocycles. The molecule has 1 fully saturated rings. The van der Waals surface area contributed by atoms with E-state index < -0.39 is 0 Å². The molecule has 0 aromatic heterocycles. The SMILES string of the molecule is CC(c1ccccc1)C1OCCCO1. The first-order valence-electron chi connectivity index (χ1n) is 5.16. The molecule has 0 amide bonds. The van der Waals surface area contributed by atoms with Crippen molar-refractivity contribution >= 4 is 0 Å². The van der Waals surface area contributed by atoms with Gasteiger partial charge >= 0.3 is 0 Å². The zero-order valence-corrected chi connectivity index (χ0v) is 8.48. The molecule has 0 N–H and O–H groups in total. The zero-order chi connectivity index (χ0) is 9.80. The Bertz CT molecular complexity index is 265. The van der Waals surface area contributed by atoms with Crippen molar-refractivity contribution in [1.29, 1.82) is 0 Å². The molecule has 0 radical (unpaired) electrons. The molecular formula is C12H16O2. The van der Waals surface area contributed by atoms with Crippen molar-refractivity contribution < 1.29 is 9.47 Å². The molecular weight excluding hydrogens is 176 g/mol. The van der Waals surface area contributed by atoms with Gasteiger partial charge in [0.25, 0.3) is 0 Å². The molecule has 14 heavy (non-hydrogen) atoms. The third kappa shape index (κ3) is 2.14. The number of hydrogen-bond donors (Lipinski definition) is 0. The van der Waals surface area contributed by atoms with Crippen LogP contribution in [0.25, 0.3) is 0 Å². The maximum absolute atomic E-state index is 5.57. The van der Waals surface area contributed by atoms with E-state index in [1.807, 2.05) is 6.07 Å². The second-order valence-electron chi connectivity index (χ2n) is 3.66. The summed E-state index contributed by atoms with van der Waals surface area (Å²) in [5.74, 6) is 0.316. The van der Waals surface area contributed by atoms with Crippen LogP contribution in [0.5, 0.6) is 0 Å². The molecule has 76 valence electrons. The Hall–Kier alpha value is -0.860. The standard InChI is InChI=1S/C12H16O2/c1-10(11-6-3-2-4-7-11)12-13-8-5-9-14-12/h2-4,6-7,10,12H,5,8-9H2,1H3. The average Bonchev–Trinajstić information content (AvgIpc) is 2.30. The number of rotatable bonds is 2. The molecule has 0 spiro atoms. The van der Waals surface area contributed by atoms with Gasteiger partial charge in [-0.15, -0.1) is 0 Å². The van der Waals surface area contributed by atoms with Gasteiger partial charge < -0.3 is 9.47 Å². The largest absolute Gasteiger partial charge is 0.352 e. The predicted octanol–water partition coefficient (Wildman–Crippen LogP) is 2.55. The number of hydrogen-bond acceptors (Lipinski definition) is 2. The lowest BCUT2D eigenvalue weighted by Crippen LogP contribution is -2.29. The van der Waals surface area contributed by atoms with Crippen molar-refractivity contribution in [2.45, 2.75) is 25.6 Å². The van der Waals surface area contributed by atoms with E-state index in [1.54, 1.807) is 0 Å². The summed E-state index contributed by atoms with van der Waals surface area (Å²) in [6.07, 6.45) is 0.948. The Morgan fingerprint density at radius 2 is 1.79 bits per heavy atom. The van der Waals surface area contributed by atoms with Crippen LogP contribution in [0.3, 0.4) is 0 Å². The third-order valence-corrected chi connectivity index (χ3v) is 2.59. The predicted molar refractivity (Wildman–Crippen MR) is 55.2 cm³/mol. The second-order valence-corrected chi connectivity index (χ2v) is 3.66. The molecule has 0 saturated carbocycles. The summed E-state index contributed by atoms with van der Waals surface area (Å²) in [7, 11) is 0. The lowest BCUT2D eigenvalue weighted by Gasteiger charge is -2.28. The lowest BCUT2D eigenvalue weighted by atomic mass is 10.0. The summed E-state index contributed by atoms with van der Waals surface area (Å²) >= 11 is 0. The molecule has 0 aliphatic carbocycles. The molecule has 1 aromatic rings. The average molecular weight is 192 g/mol. The molecule has 2 rings (SSSR count). The van der Waals surface area contributed by atoms with E-state index in [-0.39, 0.29) is 6.29 Å². The van der Waals surface area contributed by atoms with E-state index in [0.717, 1.165) is 19.6 Å². The van der Waals surface area contributed by atoms with E-state index in [1.165, 1.54) is 5.56 Å². The minimum atomic E-state index is -0.0637. The van der Waals surface area contributed by atoms with Crippen molar-refractivity contribution in [2.24, 2.45) is 0 Å². The summed E-state index contributed by atoms with van der Waals surface area (Å²) in [5.41, 5.74) is 1.28. The van der Waals surface area contributed by atoms with Gasteiger partial charge in [0.2, 0.25) is 0 Å². The quantitative estimate of drug-likeness (QED) is 0.717. The van der Waals surface area contributed by atoms with Gasteiger partial charge in [-0.1, -0.05) is 37.3 Å². The lowest BCUT2D eigenvalue weighted by molar-refractivity contribution is -0.188. The molecule has 1 aliphatic rings. The highest BCUT2D eigenvalue weighted by atomic mass is 16.7. The van der Waals surface area contributed by atoms with Crippen LogP contribution in [-0.4, -0.2) is 19.5 Å². The molecule has 1 aromatic carbocycles. The molecule has 0 bridgehead atoms. The van der Waals surface area contributed by atoms with E-state index >= 15 is 0 Å². The van der Waals surface area contributed by atoms with Gasteiger partial charge in [0.05, 0.1) is 13.2 Å². The fourth-order valence-electron chi connectivity index (χ4n) is 1.71. The molecule has 1 atom stereocenters. The van der Waals surface area contributed by atoms with Gasteiger partial charge in [0.1, 0.15) is 0 Å². The van der Waals surface area contributed by atoms with Crippen LogP contribution >= 0.6 is 0 Å². The van der Waals surface area contributed by atoms with Crippen LogP contribution < -0.4 is 0 Å². The summed E-state index contributed by atoms with van der Waals surface area (Å²) in [4.78, 5) is 0. The highest BCUT2D eigenvalue weighted by molar-refractivity contribution is 5.19. The minimum Gasteiger partial charge on any atom is -0.352 e.